The zero-order chi connectivity index (χ0) is 19.6. The van der Waals surface area contributed by atoms with Gasteiger partial charge in [0.1, 0.15) is 4.88 Å². The third kappa shape index (κ3) is 3.82. The Bertz CT molecular complexity index is 990. The van der Waals surface area contributed by atoms with E-state index in [1.165, 1.54) is 23.5 Å². The molecule has 2 heterocycles. The predicted molar refractivity (Wildman–Crippen MR) is 101 cm³/mol. The number of carbonyl (C=O) groups excluding carboxylic acids is 1. The second-order valence-electron chi connectivity index (χ2n) is 5.95. The summed E-state index contributed by atoms with van der Waals surface area (Å²) in [4.78, 5) is 38.3. The molecule has 27 heavy (non-hydrogen) atoms. The van der Waals surface area contributed by atoms with Crippen LogP contribution >= 0.6 is 11.3 Å². The number of nitro benzene ring substituents is 1. The van der Waals surface area contributed by atoms with Gasteiger partial charge in [-0.25, -0.2) is 15.0 Å². The number of amides is 1. The van der Waals surface area contributed by atoms with Gasteiger partial charge in [-0.15, -0.1) is 11.3 Å². The topological polar surface area (TPSA) is 102 Å². The molecule has 0 aliphatic carbocycles. The van der Waals surface area contributed by atoms with Gasteiger partial charge in [0, 0.05) is 31.6 Å². The van der Waals surface area contributed by atoms with E-state index in [0.717, 1.165) is 0 Å². The van der Waals surface area contributed by atoms with E-state index >= 15 is 0 Å². The van der Waals surface area contributed by atoms with Crippen molar-refractivity contribution >= 4 is 22.9 Å². The van der Waals surface area contributed by atoms with Gasteiger partial charge in [0.25, 0.3) is 11.6 Å². The summed E-state index contributed by atoms with van der Waals surface area (Å²) < 4.78 is 0. The highest BCUT2D eigenvalue weighted by Crippen LogP contribution is 2.29. The first-order valence-corrected chi connectivity index (χ1v) is 8.96. The summed E-state index contributed by atoms with van der Waals surface area (Å²) in [6.07, 6.45) is 3.24. The Morgan fingerprint density at radius 3 is 2.63 bits per heavy atom. The highest BCUT2D eigenvalue weighted by atomic mass is 32.1. The molecule has 0 saturated carbocycles. The van der Waals surface area contributed by atoms with Gasteiger partial charge in [-0.05, 0) is 25.5 Å². The molecule has 0 bridgehead atoms. The molecule has 1 amide bonds. The van der Waals surface area contributed by atoms with Gasteiger partial charge < -0.3 is 4.90 Å². The first-order valence-electron chi connectivity index (χ1n) is 8.15. The van der Waals surface area contributed by atoms with Crippen LogP contribution < -0.4 is 0 Å². The molecule has 9 heteroatoms. The summed E-state index contributed by atoms with van der Waals surface area (Å²) in [6.45, 7) is 3.59. The molecular formula is C18H17N5O3S. The average Bonchev–Trinajstić information content (AvgIpc) is 3.08. The van der Waals surface area contributed by atoms with Crippen molar-refractivity contribution in [3.05, 3.63) is 69.0 Å². The maximum absolute atomic E-state index is 13.0. The number of nitro groups is 1. The lowest BCUT2D eigenvalue weighted by molar-refractivity contribution is -0.384. The third-order valence-corrected chi connectivity index (χ3v) is 5.35. The minimum Gasteiger partial charge on any atom is -0.334 e. The van der Waals surface area contributed by atoms with Crippen LogP contribution in [0.4, 0.5) is 5.69 Å². The number of rotatable bonds is 5. The number of non-ortho nitro benzene ring substituents is 1. The van der Waals surface area contributed by atoms with Crippen LogP contribution in [0, 0.1) is 17.0 Å². The summed E-state index contributed by atoms with van der Waals surface area (Å²) in [5, 5.41) is 11.6. The molecule has 0 radical (unpaired) electrons. The Morgan fingerprint density at radius 1 is 1.26 bits per heavy atom. The Morgan fingerprint density at radius 2 is 1.96 bits per heavy atom. The second-order valence-corrected chi connectivity index (χ2v) is 6.95. The maximum Gasteiger partial charge on any atom is 0.269 e. The molecule has 0 aliphatic rings. The van der Waals surface area contributed by atoms with Crippen LogP contribution in [-0.2, 0) is 0 Å². The van der Waals surface area contributed by atoms with E-state index in [1.54, 1.807) is 49.5 Å². The van der Waals surface area contributed by atoms with E-state index in [4.69, 9.17) is 0 Å². The summed E-state index contributed by atoms with van der Waals surface area (Å²) >= 11 is 1.23. The van der Waals surface area contributed by atoms with E-state index in [9.17, 15) is 14.9 Å². The first kappa shape index (κ1) is 18.6. The fourth-order valence-electron chi connectivity index (χ4n) is 2.56. The molecular weight excluding hydrogens is 366 g/mol. The molecule has 138 valence electrons. The quantitative estimate of drug-likeness (QED) is 0.492. The number of thiazole rings is 1. The second kappa shape index (κ2) is 7.58. The van der Waals surface area contributed by atoms with E-state index < -0.39 is 4.92 Å². The molecule has 1 aromatic carbocycles. The van der Waals surface area contributed by atoms with Crippen LogP contribution in [0.2, 0.25) is 0 Å². The van der Waals surface area contributed by atoms with Crippen LogP contribution in [0.3, 0.4) is 0 Å². The summed E-state index contributed by atoms with van der Waals surface area (Å²) in [7, 11) is 1.67. The standard InChI is InChI=1S/C18H17N5O3S/c1-11-15(27-17(21-11)16-19-8-5-9-20-16)18(24)22(3)12(2)13-6-4-7-14(10-13)23(25)26/h4-10,12H,1-3H3/t12-/m1/s1. The molecule has 0 spiro atoms. The monoisotopic (exact) mass is 383 g/mol. The van der Waals surface area contributed by atoms with Gasteiger partial charge in [-0.2, -0.15) is 0 Å². The summed E-state index contributed by atoms with van der Waals surface area (Å²) in [5.74, 6) is 0.269. The van der Waals surface area contributed by atoms with Crippen molar-refractivity contribution in [2.24, 2.45) is 0 Å². The molecule has 0 fully saturated rings. The highest BCUT2D eigenvalue weighted by Gasteiger charge is 2.25. The highest BCUT2D eigenvalue weighted by molar-refractivity contribution is 7.17. The van der Waals surface area contributed by atoms with Gasteiger partial charge in [-0.1, -0.05) is 12.1 Å². The van der Waals surface area contributed by atoms with Gasteiger partial charge in [0.05, 0.1) is 16.7 Å². The van der Waals surface area contributed by atoms with Crippen LogP contribution in [0.5, 0.6) is 0 Å². The van der Waals surface area contributed by atoms with Crippen molar-refractivity contribution in [2.45, 2.75) is 19.9 Å². The van der Waals surface area contributed by atoms with Crippen molar-refractivity contribution < 1.29 is 9.72 Å². The molecule has 0 N–H and O–H groups in total. The average molecular weight is 383 g/mol. The van der Waals surface area contributed by atoms with Crippen LogP contribution in [0.1, 0.15) is 33.9 Å². The minimum absolute atomic E-state index is 0.00215. The smallest absolute Gasteiger partial charge is 0.269 e. The fourth-order valence-corrected chi connectivity index (χ4v) is 3.56. The van der Waals surface area contributed by atoms with Gasteiger partial charge in [0.2, 0.25) is 0 Å². The molecule has 0 aliphatic heterocycles. The zero-order valence-electron chi connectivity index (χ0n) is 15.0. The summed E-state index contributed by atoms with van der Waals surface area (Å²) in [6, 6.07) is 7.67. The number of hydrogen-bond acceptors (Lipinski definition) is 7. The van der Waals surface area contributed by atoms with Crippen LogP contribution in [0.25, 0.3) is 10.8 Å². The Labute approximate surface area is 159 Å². The van der Waals surface area contributed by atoms with Gasteiger partial charge >= 0.3 is 0 Å². The normalized spacial score (nSPS) is 11.8. The summed E-state index contributed by atoms with van der Waals surface area (Å²) in [5.41, 5.74) is 1.29. The number of nitrogens with zero attached hydrogens (tertiary/aromatic N) is 5. The predicted octanol–water partition coefficient (Wildman–Crippen LogP) is 3.65. The molecule has 3 aromatic rings. The van der Waals surface area contributed by atoms with Crippen LogP contribution in [-0.4, -0.2) is 37.7 Å². The SMILES string of the molecule is Cc1nc(-c2ncccn2)sc1C(=O)N(C)[C@H](C)c1cccc([N+](=O)[O-])c1. The molecule has 0 unspecified atom stereocenters. The Kier molecular flexibility index (Phi) is 5.22. The number of benzene rings is 1. The maximum atomic E-state index is 13.0. The molecule has 1 atom stereocenters. The minimum atomic E-state index is -0.447. The number of hydrogen-bond donors (Lipinski definition) is 0. The first-order chi connectivity index (χ1) is 12.9. The number of carbonyl (C=O) groups is 1. The Balaban J connectivity index is 1.86. The lowest BCUT2D eigenvalue weighted by Gasteiger charge is -2.25. The van der Waals surface area contributed by atoms with Crippen molar-refractivity contribution in [3.8, 4) is 10.8 Å². The van der Waals surface area contributed by atoms with E-state index in [1.807, 2.05) is 6.92 Å². The lowest BCUT2D eigenvalue weighted by atomic mass is 10.1. The van der Waals surface area contributed by atoms with Crippen LogP contribution in [0.15, 0.2) is 42.7 Å². The van der Waals surface area contributed by atoms with Crippen molar-refractivity contribution in [2.75, 3.05) is 7.05 Å². The van der Waals surface area contributed by atoms with Gasteiger partial charge in [-0.3, -0.25) is 14.9 Å². The lowest BCUT2D eigenvalue weighted by Crippen LogP contribution is -2.29. The van der Waals surface area contributed by atoms with E-state index in [2.05, 4.69) is 15.0 Å². The fraction of sp³-hybridized carbons (Fsp3) is 0.222. The van der Waals surface area contributed by atoms with Crippen molar-refractivity contribution in [1.29, 1.82) is 0 Å². The third-order valence-electron chi connectivity index (χ3n) is 4.21. The largest absolute Gasteiger partial charge is 0.334 e. The number of aryl methyl sites for hydroxylation is 1. The molecule has 0 saturated heterocycles. The molecule has 2 aromatic heterocycles. The zero-order valence-corrected chi connectivity index (χ0v) is 15.8. The van der Waals surface area contributed by atoms with Crippen molar-refractivity contribution in [3.63, 3.8) is 0 Å². The Hall–Kier alpha value is -3.20. The molecule has 3 rings (SSSR count). The molecule has 8 nitrogen and oxygen atoms in total. The number of aromatic nitrogens is 3. The van der Waals surface area contributed by atoms with Gasteiger partial charge in [0.15, 0.2) is 10.8 Å². The van der Waals surface area contributed by atoms with E-state index in [-0.39, 0.29) is 17.6 Å². The van der Waals surface area contributed by atoms with E-state index in [0.29, 0.717) is 27.0 Å². The van der Waals surface area contributed by atoms with Crippen molar-refractivity contribution in [1.82, 2.24) is 19.9 Å².